The van der Waals surface area contributed by atoms with Crippen LogP contribution in [0.1, 0.15) is 26.3 Å². The first kappa shape index (κ1) is 19.9. The Morgan fingerprint density at radius 1 is 1.28 bits per heavy atom. The monoisotopic (exact) mass is 409 g/mol. The van der Waals surface area contributed by atoms with E-state index in [0.717, 1.165) is 23.1 Å². The molecule has 1 aromatic carbocycles. The standard InChI is InChI=1S/C18H28BrN5O/c1-13(2)18(3,14-4-6-15(19)7-5-14)16(21)22-17(25)24-10-8-23(12-20)9-11-24/h4-7,13H,8-12,20H2,1-3H3,(H2,21,22,25). The number of carbonyl (C=O) groups excluding carboxylic acids is 1. The molecule has 25 heavy (non-hydrogen) atoms. The van der Waals surface area contributed by atoms with Gasteiger partial charge in [0.05, 0.1) is 5.41 Å². The molecule has 0 radical (unpaired) electrons. The maximum Gasteiger partial charge on any atom is 0.322 e. The average molecular weight is 410 g/mol. The zero-order valence-corrected chi connectivity index (χ0v) is 16.8. The van der Waals surface area contributed by atoms with Crippen LogP contribution in [0.15, 0.2) is 28.7 Å². The first-order chi connectivity index (χ1) is 11.8. The topological polar surface area (TPSA) is 85.5 Å². The third kappa shape index (κ3) is 4.40. The number of piperazine rings is 1. The summed E-state index contributed by atoms with van der Waals surface area (Å²) < 4.78 is 0.996. The van der Waals surface area contributed by atoms with Gasteiger partial charge in [0.1, 0.15) is 5.84 Å². The summed E-state index contributed by atoms with van der Waals surface area (Å²) in [6.07, 6.45) is 0. The number of nitrogens with two attached hydrogens (primary N) is 1. The van der Waals surface area contributed by atoms with Gasteiger partial charge >= 0.3 is 6.03 Å². The highest BCUT2D eigenvalue weighted by Gasteiger charge is 2.37. The molecule has 0 bridgehead atoms. The van der Waals surface area contributed by atoms with Crippen molar-refractivity contribution in [1.29, 1.82) is 5.41 Å². The number of nitrogens with zero attached hydrogens (tertiary/aromatic N) is 2. The molecular weight excluding hydrogens is 382 g/mol. The molecule has 1 aliphatic rings. The maximum absolute atomic E-state index is 12.6. The van der Waals surface area contributed by atoms with Crippen LogP contribution in [-0.4, -0.2) is 54.5 Å². The number of amides is 2. The van der Waals surface area contributed by atoms with E-state index in [-0.39, 0.29) is 17.8 Å². The molecule has 1 aromatic rings. The molecule has 4 N–H and O–H groups in total. The van der Waals surface area contributed by atoms with Crippen molar-refractivity contribution in [2.75, 3.05) is 32.8 Å². The average Bonchev–Trinajstić information content (AvgIpc) is 2.61. The second-order valence-corrected chi connectivity index (χ2v) is 7.87. The number of benzene rings is 1. The Morgan fingerprint density at radius 2 is 1.84 bits per heavy atom. The lowest BCUT2D eigenvalue weighted by atomic mass is 9.72. The number of hydrogen-bond donors (Lipinski definition) is 3. The molecule has 1 unspecified atom stereocenters. The van der Waals surface area contributed by atoms with E-state index in [9.17, 15) is 4.79 Å². The molecule has 0 spiro atoms. The molecule has 1 fully saturated rings. The van der Waals surface area contributed by atoms with Gasteiger partial charge in [-0.3, -0.25) is 15.6 Å². The van der Waals surface area contributed by atoms with Gasteiger partial charge in [-0.15, -0.1) is 0 Å². The van der Waals surface area contributed by atoms with Gasteiger partial charge in [0, 0.05) is 37.3 Å². The molecule has 1 atom stereocenters. The number of amidine groups is 1. The van der Waals surface area contributed by atoms with Crippen molar-refractivity contribution < 1.29 is 4.79 Å². The Balaban J connectivity index is 2.10. The molecule has 138 valence electrons. The summed E-state index contributed by atoms with van der Waals surface area (Å²) in [7, 11) is 0. The normalized spacial score (nSPS) is 18.1. The fraction of sp³-hybridized carbons (Fsp3) is 0.556. The van der Waals surface area contributed by atoms with Crippen molar-refractivity contribution in [3.8, 4) is 0 Å². The zero-order chi connectivity index (χ0) is 18.6. The van der Waals surface area contributed by atoms with Gasteiger partial charge in [0.15, 0.2) is 0 Å². The van der Waals surface area contributed by atoms with Crippen molar-refractivity contribution in [3.63, 3.8) is 0 Å². The first-order valence-corrected chi connectivity index (χ1v) is 9.41. The predicted molar refractivity (Wildman–Crippen MR) is 105 cm³/mol. The fourth-order valence-corrected chi connectivity index (χ4v) is 3.28. The fourth-order valence-electron chi connectivity index (χ4n) is 3.01. The highest BCUT2D eigenvalue weighted by atomic mass is 79.9. The Morgan fingerprint density at radius 3 is 2.32 bits per heavy atom. The van der Waals surface area contributed by atoms with Gasteiger partial charge in [-0.05, 0) is 30.5 Å². The molecule has 1 saturated heterocycles. The van der Waals surface area contributed by atoms with Crippen molar-refractivity contribution in [2.45, 2.75) is 26.2 Å². The lowest BCUT2D eigenvalue weighted by Crippen LogP contribution is -2.56. The smallest absolute Gasteiger partial charge is 0.322 e. The summed E-state index contributed by atoms with van der Waals surface area (Å²) in [5.74, 6) is 0.395. The van der Waals surface area contributed by atoms with Crippen LogP contribution in [0.4, 0.5) is 4.79 Å². The van der Waals surface area contributed by atoms with E-state index in [1.807, 2.05) is 31.2 Å². The van der Waals surface area contributed by atoms with Gasteiger partial charge in [-0.1, -0.05) is 41.9 Å². The third-order valence-electron chi connectivity index (χ3n) is 5.27. The van der Waals surface area contributed by atoms with E-state index in [0.29, 0.717) is 19.8 Å². The van der Waals surface area contributed by atoms with Gasteiger partial charge in [0.2, 0.25) is 0 Å². The number of carbonyl (C=O) groups is 1. The van der Waals surface area contributed by atoms with Crippen molar-refractivity contribution in [3.05, 3.63) is 34.3 Å². The third-order valence-corrected chi connectivity index (χ3v) is 5.80. The summed E-state index contributed by atoms with van der Waals surface area (Å²) in [5, 5.41) is 11.4. The zero-order valence-electron chi connectivity index (χ0n) is 15.2. The van der Waals surface area contributed by atoms with Gasteiger partial charge in [-0.2, -0.15) is 0 Å². The van der Waals surface area contributed by atoms with Crippen LogP contribution >= 0.6 is 15.9 Å². The number of nitrogens with one attached hydrogen (secondary N) is 2. The van der Waals surface area contributed by atoms with Crippen LogP contribution in [0.3, 0.4) is 0 Å². The molecule has 0 aromatic heterocycles. The Bertz CT molecular complexity index is 610. The first-order valence-electron chi connectivity index (χ1n) is 8.62. The van der Waals surface area contributed by atoms with Gasteiger partial charge < -0.3 is 10.6 Å². The number of urea groups is 1. The van der Waals surface area contributed by atoms with Crippen LogP contribution in [0.2, 0.25) is 0 Å². The highest BCUT2D eigenvalue weighted by Crippen LogP contribution is 2.33. The van der Waals surface area contributed by atoms with Crippen molar-refractivity contribution in [2.24, 2.45) is 11.7 Å². The lowest BCUT2D eigenvalue weighted by Gasteiger charge is -2.37. The minimum atomic E-state index is -0.560. The number of halogens is 1. The van der Waals surface area contributed by atoms with Crippen LogP contribution in [0.25, 0.3) is 0 Å². The van der Waals surface area contributed by atoms with Crippen LogP contribution in [0.5, 0.6) is 0 Å². The second kappa shape index (κ2) is 8.29. The van der Waals surface area contributed by atoms with E-state index in [1.165, 1.54) is 0 Å². The van der Waals surface area contributed by atoms with E-state index in [1.54, 1.807) is 4.90 Å². The largest absolute Gasteiger partial charge is 0.322 e. The Hall–Kier alpha value is -1.44. The minimum absolute atomic E-state index is 0.163. The summed E-state index contributed by atoms with van der Waals surface area (Å²) in [4.78, 5) is 16.4. The lowest BCUT2D eigenvalue weighted by molar-refractivity contribution is 0.143. The summed E-state index contributed by atoms with van der Waals surface area (Å²) in [6, 6.07) is 7.75. The summed E-state index contributed by atoms with van der Waals surface area (Å²) in [6.45, 7) is 9.47. The molecule has 1 heterocycles. The van der Waals surface area contributed by atoms with Crippen LogP contribution in [-0.2, 0) is 5.41 Å². The Labute approximate surface area is 158 Å². The van der Waals surface area contributed by atoms with Gasteiger partial charge in [0.25, 0.3) is 0 Å². The van der Waals surface area contributed by atoms with E-state index < -0.39 is 5.41 Å². The van der Waals surface area contributed by atoms with Crippen LogP contribution < -0.4 is 11.1 Å². The summed E-state index contributed by atoms with van der Waals surface area (Å²) in [5.41, 5.74) is 6.10. The number of rotatable bonds is 4. The molecule has 2 rings (SSSR count). The SMILES string of the molecule is CC(C)C(C)(C(=N)NC(=O)N1CCN(CN)CC1)c1ccc(Br)cc1. The summed E-state index contributed by atoms with van der Waals surface area (Å²) >= 11 is 3.45. The van der Waals surface area contributed by atoms with E-state index in [4.69, 9.17) is 11.1 Å². The Kier molecular flexibility index (Phi) is 6.59. The van der Waals surface area contributed by atoms with Crippen LogP contribution in [0, 0.1) is 11.3 Å². The quantitative estimate of drug-likeness (QED) is 0.527. The molecule has 0 saturated carbocycles. The highest BCUT2D eigenvalue weighted by molar-refractivity contribution is 9.10. The van der Waals surface area contributed by atoms with E-state index in [2.05, 4.69) is 40.0 Å². The van der Waals surface area contributed by atoms with Crippen molar-refractivity contribution >= 4 is 27.8 Å². The molecule has 7 heteroatoms. The van der Waals surface area contributed by atoms with Crippen molar-refractivity contribution in [1.82, 2.24) is 15.1 Å². The van der Waals surface area contributed by atoms with Gasteiger partial charge in [-0.25, -0.2) is 4.79 Å². The molecular formula is C18H28BrN5O. The molecule has 1 aliphatic heterocycles. The predicted octanol–water partition coefficient (Wildman–Crippen LogP) is 2.58. The molecule has 6 nitrogen and oxygen atoms in total. The number of hydrogen-bond acceptors (Lipinski definition) is 4. The maximum atomic E-state index is 12.6. The van der Waals surface area contributed by atoms with E-state index >= 15 is 0 Å². The molecule has 2 amide bonds. The molecule has 0 aliphatic carbocycles. The minimum Gasteiger partial charge on any atom is -0.322 e. The second-order valence-electron chi connectivity index (χ2n) is 6.96.